The number of halogens is 1. The second kappa shape index (κ2) is 6.45. The van der Waals surface area contributed by atoms with E-state index in [1.807, 2.05) is 30.3 Å². The lowest BCUT2D eigenvalue weighted by Crippen LogP contribution is -2.71. The van der Waals surface area contributed by atoms with Crippen molar-refractivity contribution in [3.8, 4) is 0 Å². The van der Waals surface area contributed by atoms with Crippen LogP contribution < -0.4 is 0 Å². The first-order valence-electron chi connectivity index (χ1n) is 7.88. The average molecular weight is 442 g/mol. The van der Waals surface area contributed by atoms with Crippen molar-refractivity contribution >= 4 is 40.1 Å². The summed E-state index contributed by atoms with van der Waals surface area (Å²) < 4.78 is 6.74. The maximum atomic E-state index is 13.1. The third-order valence-electron chi connectivity index (χ3n) is 4.49. The van der Waals surface area contributed by atoms with Gasteiger partial charge in [0.05, 0.1) is 6.61 Å². The summed E-state index contributed by atoms with van der Waals surface area (Å²) in [5.41, 5.74) is -0.114. The largest absolute Gasteiger partial charge is 0.370 e. The monoisotopic (exact) mass is 442 g/mol. The van der Waals surface area contributed by atoms with Crippen LogP contribution in [-0.2, 0) is 9.53 Å². The number of ether oxygens (including phenoxy) is 1. The number of amides is 3. The molecule has 6 nitrogen and oxygen atoms in total. The second-order valence-electron chi connectivity index (χ2n) is 5.66. The van der Waals surface area contributed by atoms with Gasteiger partial charge >= 0.3 is 6.03 Å². The Morgan fingerprint density at radius 1 is 1.25 bits per heavy atom. The van der Waals surface area contributed by atoms with Crippen molar-refractivity contribution in [1.82, 2.24) is 9.80 Å². The number of hydrogen-bond acceptors (Lipinski definition) is 4. The van der Waals surface area contributed by atoms with E-state index in [0.717, 1.165) is 14.0 Å². The van der Waals surface area contributed by atoms with Crippen LogP contribution in [0.2, 0.25) is 0 Å². The molecule has 0 unspecified atom stereocenters. The Hall–Kier alpha value is -1.45. The van der Waals surface area contributed by atoms with Crippen LogP contribution >= 0.6 is 22.6 Å². The second-order valence-corrected chi connectivity index (χ2v) is 6.96. The van der Waals surface area contributed by atoms with E-state index in [1.165, 1.54) is 4.90 Å². The van der Waals surface area contributed by atoms with E-state index >= 15 is 0 Å². The quantitative estimate of drug-likeness (QED) is 0.730. The number of likely N-dealkylation sites (N-methyl/N-ethyl adjacent to an activating group) is 2. The number of aliphatic hydroxyl groups is 1. The number of urea groups is 1. The highest BCUT2D eigenvalue weighted by molar-refractivity contribution is 14.1. The number of rotatable bonds is 3. The molecule has 0 aliphatic carbocycles. The van der Waals surface area contributed by atoms with Gasteiger partial charge in [0.2, 0.25) is 5.60 Å². The average Bonchev–Trinajstić information content (AvgIpc) is 2.94. The highest BCUT2D eigenvalue weighted by atomic mass is 127. The molecular formula is C17H19IN2O4. The Morgan fingerprint density at radius 2 is 1.92 bits per heavy atom. The summed E-state index contributed by atoms with van der Waals surface area (Å²) in [6, 6.07) is 8.91. The normalized spacial score (nSPS) is 27.6. The van der Waals surface area contributed by atoms with Gasteiger partial charge in [0.1, 0.15) is 0 Å². The first-order valence-corrected chi connectivity index (χ1v) is 8.96. The lowest BCUT2D eigenvalue weighted by atomic mass is 9.84. The maximum Gasteiger partial charge on any atom is 0.328 e. The van der Waals surface area contributed by atoms with Crippen LogP contribution in [0, 0.1) is 0 Å². The van der Waals surface area contributed by atoms with Crippen LogP contribution in [0.15, 0.2) is 33.9 Å². The zero-order valence-electron chi connectivity index (χ0n) is 13.5. The SMILES string of the molecule is CCN1C(=O)N(CC)[C@@H](O)[C@@]2(OCC(I)=C2c2ccccc2)C1=O. The maximum absolute atomic E-state index is 13.1. The molecule has 1 fully saturated rings. The standard InChI is InChI=1S/C17H19IN2O4/c1-3-19-14(21)17(15(22)20(4-2)16(19)23)13(12(18)10-24-17)11-8-6-5-7-9-11/h5-9,14,21H,3-4,10H2,1-2H3/t14-,17+/m0/s1. The molecule has 2 heterocycles. The van der Waals surface area contributed by atoms with Crippen LogP contribution in [0.25, 0.3) is 5.57 Å². The van der Waals surface area contributed by atoms with Gasteiger partial charge in [-0.15, -0.1) is 0 Å². The van der Waals surface area contributed by atoms with E-state index in [4.69, 9.17) is 4.74 Å². The summed E-state index contributed by atoms with van der Waals surface area (Å²) in [6.45, 7) is 4.25. The number of nitrogens with zero attached hydrogens (tertiary/aromatic N) is 2. The molecule has 24 heavy (non-hydrogen) atoms. The van der Waals surface area contributed by atoms with Crippen molar-refractivity contribution in [2.24, 2.45) is 0 Å². The smallest absolute Gasteiger partial charge is 0.328 e. The fourth-order valence-corrected chi connectivity index (χ4v) is 4.20. The highest BCUT2D eigenvalue weighted by Gasteiger charge is 2.62. The molecule has 0 radical (unpaired) electrons. The van der Waals surface area contributed by atoms with Crippen LogP contribution in [0.1, 0.15) is 19.4 Å². The molecule has 3 amide bonds. The Kier molecular flexibility index (Phi) is 4.67. The third kappa shape index (κ3) is 2.29. The number of imide groups is 1. The fourth-order valence-electron chi connectivity index (χ4n) is 3.34. The van der Waals surface area contributed by atoms with E-state index in [1.54, 1.807) is 13.8 Å². The summed E-state index contributed by atoms with van der Waals surface area (Å²) in [5, 5.41) is 10.9. The molecule has 2 atom stereocenters. The predicted octanol–water partition coefficient (Wildman–Crippen LogP) is 2.22. The lowest BCUT2D eigenvalue weighted by Gasteiger charge is -2.47. The molecule has 0 aromatic heterocycles. The van der Waals surface area contributed by atoms with Crippen molar-refractivity contribution < 1.29 is 19.4 Å². The van der Waals surface area contributed by atoms with Crippen molar-refractivity contribution in [3.05, 3.63) is 39.5 Å². The molecule has 3 rings (SSSR count). The molecule has 0 saturated carbocycles. The lowest BCUT2D eigenvalue weighted by molar-refractivity contribution is -0.179. The van der Waals surface area contributed by atoms with Crippen molar-refractivity contribution in [2.45, 2.75) is 25.7 Å². The zero-order chi connectivity index (χ0) is 17.5. The number of aliphatic hydroxyl groups excluding tert-OH is 1. The zero-order valence-corrected chi connectivity index (χ0v) is 15.7. The first-order chi connectivity index (χ1) is 11.5. The minimum absolute atomic E-state index is 0.227. The molecule has 7 heteroatoms. The molecule has 128 valence electrons. The number of benzene rings is 1. The Labute approximate surface area is 154 Å². The Bertz CT molecular complexity index is 706. The van der Waals surface area contributed by atoms with E-state index in [2.05, 4.69) is 22.6 Å². The van der Waals surface area contributed by atoms with Gasteiger partial charge in [0, 0.05) is 22.2 Å². The van der Waals surface area contributed by atoms with Gasteiger partial charge in [0.15, 0.2) is 6.23 Å². The van der Waals surface area contributed by atoms with Gasteiger partial charge in [-0.25, -0.2) is 4.79 Å². The van der Waals surface area contributed by atoms with Gasteiger partial charge in [-0.1, -0.05) is 30.3 Å². The molecule has 1 aromatic rings. The Balaban J connectivity index is 2.19. The predicted molar refractivity (Wildman–Crippen MR) is 97.2 cm³/mol. The summed E-state index contributed by atoms with van der Waals surface area (Å²) in [7, 11) is 0. The fraction of sp³-hybridized carbons (Fsp3) is 0.412. The minimum atomic E-state index is -1.57. The topological polar surface area (TPSA) is 70.1 Å². The molecule has 1 saturated heterocycles. The number of carbonyl (C=O) groups is 2. The summed E-state index contributed by atoms with van der Waals surface area (Å²) in [5.74, 6) is -0.502. The van der Waals surface area contributed by atoms with Gasteiger partial charge in [0.25, 0.3) is 5.91 Å². The van der Waals surface area contributed by atoms with Crippen LogP contribution in [0.5, 0.6) is 0 Å². The molecule has 2 aliphatic rings. The van der Waals surface area contributed by atoms with Crippen molar-refractivity contribution in [1.29, 1.82) is 0 Å². The van der Waals surface area contributed by atoms with Gasteiger partial charge in [-0.05, 0) is 42.0 Å². The summed E-state index contributed by atoms with van der Waals surface area (Å²) in [6.07, 6.45) is -1.35. The summed E-state index contributed by atoms with van der Waals surface area (Å²) >= 11 is 2.14. The van der Waals surface area contributed by atoms with Gasteiger partial charge in [-0.2, -0.15) is 0 Å². The molecule has 2 aliphatic heterocycles. The van der Waals surface area contributed by atoms with Crippen LogP contribution in [0.4, 0.5) is 4.79 Å². The van der Waals surface area contributed by atoms with Crippen LogP contribution in [-0.4, -0.2) is 58.4 Å². The number of hydrogen-bond donors (Lipinski definition) is 1. The molecule has 1 N–H and O–H groups in total. The van der Waals surface area contributed by atoms with E-state index in [9.17, 15) is 14.7 Å². The van der Waals surface area contributed by atoms with E-state index < -0.39 is 23.8 Å². The van der Waals surface area contributed by atoms with E-state index in [-0.39, 0.29) is 19.7 Å². The van der Waals surface area contributed by atoms with E-state index in [0.29, 0.717) is 5.57 Å². The highest BCUT2D eigenvalue weighted by Crippen LogP contribution is 2.47. The molecule has 1 spiro atoms. The molecule has 1 aromatic carbocycles. The van der Waals surface area contributed by atoms with Crippen molar-refractivity contribution in [3.63, 3.8) is 0 Å². The van der Waals surface area contributed by atoms with Crippen LogP contribution in [0.3, 0.4) is 0 Å². The van der Waals surface area contributed by atoms with Gasteiger partial charge < -0.3 is 9.84 Å². The minimum Gasteiger partial charge on any atom is -0.370 e. The molecule has 0 bridgehead atoms. The van der Waals surface area contributed by atoms with Gasteiger partial charge in [-0.3, -0.25) is 14.6 Å². The summed E-state index contributed by atoms with van der Waals surface area (Å²) in [4.78, 5) is 28.0. The first kappa shape index (κ1) is 17.4. The Morgan fingerprint density at radius 3 is 2.50 bits per heavy atom. The number of carbonyl (C=O) groups excluding carboxylic acids is 2. The molecular weight excluding hydrogens is 423 g/mol. The third-order valence-corrected chi connectivity index (χ3v) is 5.34. The van der Waals surface area contributed by atoms with Crippen molar-refractivity contribution in [2.75, 3.05) is 19.7 Å².